The Morgan fingerprint density at radius 3 is 2.36 bits per heavy atom. The third-order valence-corrected chi connectivity index (χ3v) is 5.13. The highest BCUT2D eigenvalue weighted by Gasteiger charge is 2.15. The molecule has 0 fully saturated rings. The normalized spacial score (nSPS) is 11.4. The molecule has 0 aliphatic heterocycles. The quantitative estimate of drug-likeness (QED) is 0.409. The van der Waals surface area contributed by atoms with E-state index in [4.69, 9.17) is 46.4 Å². The number of rotatable bonds is 3. The second-order valence-electron chi connectivity index (χ2n) is 5.30. The predicted molar refractivity (Wildman–Crippen MR) is 104 cm³/mol. The first-order valence-corrected chi connectivity index (χ1v) is 8.77. The molecule has 0 unspecified atom stereocenters. The summed E-state index contributed by atoms with van der Waals surface area (Å²) in [6.07, 6.45) is 0. The smallest absolute Gasteiger partial charge is 0.130 e. The summed E-state index contributed by atoms with van der Waals surface area (Å²) in [5.74, 6) is 0. The highest BCUT2D eigenvalue weighted by atomic mass is 35.5. The zero-order valence-electron chi connectivity index (χ0n) is 13.3. The van der Waals surface area contributed by atoms with Gasteiger partial charge in [-0.05, 0) is 44.2 Å². The fourth-order valence-corrected chi connectivity index (χ4v) is 2.99. The van der Waals surface area contributed by atoms with E-state index in [1.54, 1.807) is 28.9 Å². The molecule has 0 aliphatic rings. The fourth-order valence-electron chi connectivity index (χ4n) is 2.32. The van der Waals surface area contributed by atoms with Crippen molar-refractivity contribution in [2.75, 3.05) is 0 Å². The van der Waals surface area contributed by atoms with E-state index in [1.165, 1.54) is 0 Å². The first kappa shape index (κ1) is 18.2. The summed E-state index contributed by atoms with van der Waals surface area (Å²) in [5.41, 5.74) is 3.46. The van der Waals surface area contributed by atoms with Gasteiger partial charge in [-0.2, -0.15) is 10.2 Å². The van der Waals surface area contributed by atoms with Gasteiger partial charge in [0, 0.05) is 0 Å². The maximum absolute atomic E-state index is 6.29. The van der Waals surface area contributed by atoms with Crippen LogP contribution in [0.4, 0.5) is 11.4 Å². The molecular weight excluding hydrogens is 402 g/mol. The van der Waals surface area contributed by atoms with Gasteiger partial charge in [-0.3, -0.25) is 0 Å². The van der Waals surface area contributed by atoms with Crippen LogP contribution in [0.15, 0.2) is 46.6 Å². The second kappa shape index (κ2) is 7.34. The van der Waals surface area contributed by atoms with Gasteiger partial charge in [0.15, 0.2) is 0 Å². The van der Waals surface area contributed by atoms with Gasteiger partial charge in [-0.15, -0.1) is 5.11 Å². The number of nitrogens with zero attached hydrogens (tertiary/aromatic N) is 4. The molecule has 128 valence electrons. The van der Waals surface area contributed by atoms with Crippen molar-refractivity contribution in [1.29, 1.82) is 0 Å². The van der Waals surface area contributed by atoms with Crippen LogP contribution >= 0.6 is 46.4 Å². The Morgan fingerprint density at radius 1 is 0.880 bits per heavy atom. The maximum atomic E-state index is 6.29. The second-order valence-corrected chi connectivity index (χ2v) is 6.90. The molecule has 8 heteroatoms. The SMILES string of the molecule is Cc1nn(-c2cccc(Cl)c2Cl)c(C)c1N=Nc1ccc(Cl)c(Cl)c1. The van der Waals surface area contributed by atoms with Crippen LogP contribution in [-0.4, -0.2) is 9.78 Å². The first-order chi connectivity index (χ1) is 11.9. The molecule has 0 amide bonds. The third-order valence-electron chi connectivity index (χ3n) is 3.58. The van der Waals surface area contributed by atoms with Crippen molar-refractivity contribution < 1.29 is 0 Å². The van der Waals surface area contributed by atoms with Crippen LogP contribution in [0, 0.1) is 13.8 Å². The lowest BCUT2D eigenvalue weighted by atomic mass is 10.3. The van der Waals surface area contributed by atoms with Crippen molar-refractivity contribution in [2.45, 2.75) is 13.8 Å². The van der Waals surface area contributed by atoms with Gasteiger partial charge in [0.2, 0.25) is 0 Å². The van der Waals surface area contributed by atoms with E-state index in [0.717, 1.165) is 11.4 Å². The third kappa shape index (κ3) is 3.67. The number of azo groups is 1. The number of halogens is 4. The van der Waals surface area contributed by atoms with Crippen molar-refractivity contribution in [3.63, 3.8) is 0 Å². The average Bonchev–Trinajstić information content (AvgIpc) is 2.86. The summed E-state index contributed by atoms with van der Waals surface area (Å²) in [6.45, 7) is 3.74. The number of aryl methyl sites for hydroxylation is 1. The number of hydrogen-bond acceptors (Lipinski definition) is 3. The van der Waals surface area contributed by atoms with Crippen LogP contribution in [-0.2, 0) is 0 Å². The standard InChI is InChI=1S/C17H12Cl4N4/c1-9-17(23-22-11-6-7-12(18)14(20)8-11)10(2)25(24-9)15-5-3-4-13(19)16(15)21/h3-8H,1-2H3. The summed E-state index contributed by atoms with van der Waals surface area (Å²) >= 11 is 24.3. The fraction of sp³-hybridized carbons (Fsp3) is 0.118. The molecule has 4 nitrogen and oxygen atoms in total. The van der Waals surface area contributed by atoms with E-state index in [9.17, 15) is 0 Å². The van der Waals surface area contributed by atoms with Gasteiger partial charge < -0.3 is 0 Å². The summed E-state index contributed by atoms with van der Waals surface area (Å²) in [4.78, 5) is 0. The summed E-state index contributed by atoms with van der Waals surface area (Å²) < 4.78 is 1.70. The van der Waals surface area contributed by atoms with Crippen LogP contribution in [0.2, 0.25) is 20.1 Å². The number of hydrogen-bond donors (Lipinski definition) is 0. The molecule has 3 aromatic rings. The number of benzene rings is 2. The summed E-state index contributed by atoms with van der Waals surface area (Å²) in [7, 11) is 0. The maximum Gasteiger partial charge on any atom is 0.130 e. The van der Waals surface area contributed by atoms with E-state index < -0.39 is 0 Å². The topological polar surface area (TPSA) is 42.5 Å². The first-order valence-electron chi connectivity index (χ1n) is 7.26. The molecule has 0 spiro atoms. The lowest BCUT2D eigenvalue weighted by molar-refractivity contribution is 0.834. The van der Waals surface area contributed by atoms with Gasteiger partial charge in [-0.25, -0.2) is 4.68 Å². The average molecular weight is 414 g/mol. The van der Waals surface area contributed by atoms with Crippen LogP contribution in [0.5, 0.6) is 0 Å². The van der Waals surface area contributed by atoms with Gasteiger partial charge in [-0.1, -0.05) is 52.5 Å². The van der Waals surface area contributed by atoms with Crippen molar-refractivity contribution >= 4 is 57.8 Å². The molecule has 25 heavy (non-hydrogen) atoms. The Kier molecular flexibility index (Phi) is 5.35. The monoisotopic (exact) mass is 412 g/mol. The zero-order valence-corrected chi connectivity index (χ0v) is 16.3. The van der Waals surface area contributed by atoms with E-state index >= 15 is 0 Å². The Labute approximate surface area is 165 Å². The molecule has 3 rings (SSSR count). The predicted octanol–water partition coefficient (Wildman–Crippen LogP) is 7.52. The van der Waals surface area contributed by atoms with E-state index in [2.05, 4.69) is 15.3 Å². The van der Waals surface area contributed by atoms with Crippen LogP contribution < -0.4 is 0 Å². The number of aromatic nitrogens is 2. The van der Waals surface area contributed by atoms with Gasteiger partial charge in [0.25, 0.3) is 0 Å². The molecule has 0 atom stereocenters. The molecule has 0 radical (unpaired) electrons. The Bertz CT molecular complexity index is 979. The molecule has 0 aliphatic carbocycles. The molecule has 0 bridgehead atoms. The minimum absolute atomic E-state index is 0.424. The molecule has 0 N–H and O–H groups in total. The van der Waals surface area contributed by atoms with Crippen LogP contribution in [0.3, 0.4) is 0 Å². The van der Waals surface area contributed by atoms with E-state index in [-0.39, 0.29) is 0 Å². The zero-order chi connectivity index (χ0) is 18.1. The minimum Gasteiger partial charge on any atom is -0.234 e. The molecule has 0 saturated carbocycles. The molecule has 1 aromatic heterocycles. The largest absolute Gasteiger partial charge is 0.234 e. The summed E-state index contributed by atoms with van der Waals surface area (Å²) in [5, 5.41) is 14.8. The van der Waals surface area contributed by atoms with Crippen molar-refractivity contribution in [2.24, 2.45) is 10.2 Å². The van der Waals surface area contributed by atoms with Crippen molar-refractivity contribution in [1.82, 2.24) is 9.78 Å². The van der Waals surface area contributed by atoms with E-state index in [1.807, 2.05) is 26.0 Å². The Morgan fingerprint density at radius 2 is 1.64 bits per heavy atom. The highest BCUT2D eigenvalue weighted by Crippen LogP contribution is 2.33. The lowest BCUT2D eigenvalue weighted by Crippen LogP contribution is -1.99. The highest BCUT2D eigenvalue weighted by molar-refractivity contribution is 6.43. The van der Waals surface area contributed by atoms with Crippen LogP contribution in [0.25, 0.3) is 5.69 Å². The molecular formula is C17H12Cl4N4. The lowest BCUT2D eigenvalue weighted by Gasteiger charge is -2.07. The van der Waals surface area contributed by atoms with Crippen molar-refractivity contribution in [3.8, 4) is 5.69 Å². The Balaban J connectivity index is 2.01. The molecule has 2 aromatic carbocycles. The van der Waals surface area contributed by atoms with Gasteiger partial charge in [0.05, 0.1) is 42.9 Å². The van der Waals surface area contributed by atoms with Gasteiger partial charge in [0.1, 0.15) is 5.69 Å². The van der Waals surface area contributed by atoms with Gasteiger partial charge >= 0.3 is 0 Å². The van der Waals surface area contributed by atoms with Crippen LogP contribution in [0.1, 0.15) is 11.4 Å². The summed E-state index contributed by atoms with van der Waals surface area (Å²) in [6, 6.07) is 10.4. The Hall–Kier alpha value is -1.59. The van der Waals surface area contributed by atoms with Crippen molar-refractivity contribution in [3.05, 3.63) is 67.9 Å². The molecule has 0 saturated heterocycles. The minimum atomic E-state index is 0.424. The molecule has 1 heterocycles. The van der Waals surface area contributed by atoms with E-state index in [0.29, 0.717) is 37.2 Å².